The number of benzene rings is 2. The van der Waals surface area contributed by atoms with E-state index in [0.717, 1.165) is 12.1 Å². The van der Waals surface area contributed by atoms with Crippen molar-refractivity contribution in [2.75, 3.05) is 30.8 Å². The fraction of sp³-hybridized carbons (Fsp3) is 0.318. The molecule has 32 heavy (non-hydrogen) atoms. The number of hydrogen-bond acceptors (Lipinski definition) is 3. The van der Waals surface area contributed by atoms with Gasteiger partial charge in [0, 0.05) is 43.0 Å². The lowest BCUT2D eigenvalue weighted by Crippen LogP contribution is -2.41. The third-order valence-electron chi connectivity index (χ3n) is 5.23. The molecule has 10 heteroatoms. The molecule has 1 aliphatic heterocycles. The molecule has 4 amide bonds. The van der Waals surface area contributed by atoms with Crippen LogP contribution < -0.4 is 16.0 Å². The highest BCUT2D eigenvalue weighted by molar-refractivity contribution is 5.96. The Morgan fingerprint density at radius 1 is 0.938 bits per heavy atom. The highest BCUT2D eigenvalue weighted by Crippen LogP contribution is 2.29. The summed E-state index contributed by atoms with van der Waals surface area (Å²) in [5.41, 5.74) is 0.437. The second-order valence-electron chi connectivity index (χ2n) is 7.42. The Kier molecular flexibility index (Phi) is 7.01. The molecule has 0 spiro atoms. The van der Waals surface area contributed by atoms with E-state index in [1.54, 1.807) is 29.2 Å². The maximum atomic E-state index is 12.7. The van der Waals surface area contributed by atoms with Gasteiger partial charge in [0.2, 0.25) is 5.91 Å². The van der Waals surface area contributed by atoms with Crippen LogP contribution in [0.15, 0.2) is 48.5 Å². The lowest BCUT2D eigenvalue weighted by molar-refractivity contribution is -0.137. The minimum atomic E-state index is -4.45. The number of urea groups is 1. The number of carbonyl (C=O) groups is 3. The molecule has 0 bridgehead atoms. The van der Waals surface area contributed by atoms with E-state index in [4.69, 9.17) is 0 Å². The lowest BCUT2D eigenvalue weighted by atomic mass is 9.95. The molecule has 1 aliphatic rings. The van der Waals surface area contributed by atoms with Crippen molar-refractivity contribution in [2.45, 2.75) is 19.0 Å². The Labute approximate surface area is 183 Å². The minimum Gasteiger partial charge on any atom is -0.341 e. The first-order chi connectivity index (χ1) is 15.2. The van der Waals surface area contributed by atoms with Crippen molar-refractivity contribution in [3.05, 3.63) is 59.7 Å². The van der Waals surface area contributed by atoms with Crippen molar-refractivity contribution in [3.63, 3.8) is 0 Å². The Balaban J connectivity index is 1.54. The van der Waals surface area contributed by atoms with Gasteiger partial charge in [-0.25, -0.2) is 4.79 Å². The predicted molar refractivity (Wildman–Crippen MR) is 113 cm³/mol. The number of alkyl halides is 3. The summed E-state index contributed by atoms with van der Waals surface area (Å²) >= 11 is 0. The van der Waals surface area contributed by atoms with Crippen LogP contribution in [0.3, 0.4) is 0 Å². The van der Waals surface area contributed by atoms with Crippen LogP contribution in [0.1, 0.15) is 28.8 Å². The summed E-state index contributed by atoms with van der Waals surface area (Å²) in [7, 11) is 1.50. The molecule has 7 nitrogen and oxygen atoms in total. The maximum absolute atomic E-state index is 12.7. The zero-order valence-corrected chi connectivity index (χ0v) is 17.3. The number of halogens is 3. The van der Waals surface area contributed by atoms with Gasteiger partial charge in [-0.05, 0) is 55.3 Å². The van der Waals surface area contributed by atoms with Crippen LogP contribution in [-0.2, 0) is 11.0 Å². The number of amides is 4. The summed E-state index contributed by atoms with van der Waals surface area (Å²) < 4.78 is 38.1. The largest absolute Gasteiger partial charge is 0.416 e. The fourth-order valence-electron chi connectivity index (χ4n) is 3.44. The number of anilines is 2. The van der Waals surface area contributed by atoms with Gasteiger partial charge in [0.1, 0.15) is 0 Å². The van der Waals surface area contributed by atoms with Gasteiger partial charge in [-0.3, -0.25) is 9.59 Å². The standard InChI is InChI=1S/C22H23F3N4O3/c1-26-21(32)28-18-4-2-3-17(13-18)27-19(30)14-9-11-29(12-10-14)20(31)15-5-7-16(8-6-15)22(23,24)25/h2-8,13-14H,9-12H2,1H3,(H,27,30)(H2,26,28,32). The van der Waals surface area contributed by atoms with E-state index in [1.165, 1.54) is 19.2 Å². The van der Waals surface area contributed by atoms with Gasteiger partial charge in [-0.2, -0.15) is 13.2 Å². The first-order valence-electron chi connectivity index (χ1n) is 10.0. The molecule has 170 valence electrons. The van der Waals surface area contributed by atoms with Crippen LogP contribution >= 0.6 is 0 Å². The molecule has 0 unspecified atom stereocenters. The molecule has 1 fully saturated rings. The number of nitrogens with one attached hydrogen (secondary N) is 3. The van der Waals surface area contributed by atoms with Crippen LogP contribution in [-0.4, -0.2) is 42.9 Å². The second-order valence-corrected chi connectivity index (χ2v) is 7.42. The van der Waals surface area contributed by atoms with E-state index in [9.17, 15) is 27.6 Å². The summed E-state index contributed by atoms with van der Waals surface area (Å²) in [5.74, 6) is -0.850. The molecule has 3 N–H and O–H groups in total. The normalized spacial score (nSPS) is 14.6. The SMILES string of the molecule is CNC(=O)Nc1cccc(NC(=O)C2CCN(C(=O)c3ccc(C(F)(F)F)cc3)CC2)c1. The van der Waals surface area contributed by atoms with Gasteiger partial charge in [0.25, 0.3) is 5.91 Å². The Hall–Kier alpha value is -3.56. The Morgan fingerprint density at radius 2 is 1.53 bits per heavy atom. The van der Waals surface area contributed by atoms with E-state index in [-0.39, 0.29) is 29.3 Å². The molecule has 0 aliphatic carbocycles. The second kappa shape index (κ2) is 9.71. The summed E-state index contributed by atoms with van der Waals surface area (Å²) in [6.07, 6.45) is -3.58. The van der Waals surface area contributed by atoms with Gasteiger partial charge >= 0.3 is 12.2 Å². The van der Waals surface area contributed by atoms with Crippen molar-refractivity contribution in [1.82, 2.24) is 10.2 Å². The summed E-state index contributed by atoms with van der Waals surface area (Å²) in [6, 6.07) is 10.5. The Bertz CT molecular complexity index is 985. The number of rotatable bonds is 4. The Morgan fingerprint density at radius 3 is 2.09 bits per heavy atom. The van der Waals surface area contributed by atoms with Crippen LogP contribution in [0.5, 0.6) is 0 Å². The molecule has 1 saturated heterocycles. The zero-order valence-electron chi connectivity index (χ0n) is 17.3. The first kappa shape index (κ1) is 23.1. The van der Waals surface area contributed by atoms with Gasteiger partial charge in [-0.1, -0.05) is 6.07 Å². The van der Waals surface area contributed by atoms with Gasteiger partial charge in [-0.15, -0.1) is 0 Å². The molecule has 0 atom stereocenters. The average molecular weight is 448 g/mol. The maximum Gasteiger partial charge on any atom is 0.416 e. The first-order valence-corrected chi connectivity index (χ1v) is 10.0. The lowest BCUT2D eigenvalue weighted by Gasteiger charge is -2.31. The molecule has 2 aromatic rings. The van der Waals surface area contributed by atoms with E-state index in [1.807, 2.05) is 0 Å². The van der Waals surface area contributed by atoms with E-state index in [2.05, 4.69) is 16.0 Å². The number of piperidine rings is 1. The molecule has 3 rings (SSSR count). The third-order valence-corrected chi connectivity index (χ3v) is 5.23. The van der Waals surface area contributed by atoms with Crippen molar-refractivity contribution < 1.29 is 27.6 Å². The molecule has 0 aromatic heterocycles. The van der Waals surface area contributed by atoms with Crippen molar-refractivity contribution in [1.29, 1.82) is 0 Å². The topological polar surface area (TPSA) is 90.5 Å². The van der Waals surface area contributed by atoms with Crippen molar-refractivity contribution in [2.24, 2.45) is 5.92 Å². The highest BCUT2D eigenvalue weighted by atomic mass is 19.4. The molecule has 0 radical (unpaired) electrons. The fourth-order valence-corrected chi connectivity index (χ4v) is 3.44. The summed E-state index contributed by atoms with van der Waals surface area (Å²) in [6.45, 7) is 0.659. The van der Waals surface area contributed by atoms with Crippen LogP contribution in [0.4, 0.5) is 29.3 Å². The smallest absolute Gasteiger partial charge is 0.341 e. The number of hydrogen-bond donors (Lipinski definition) is 3. The van der Waals surface area contributed by atoms with E-state index >= 15 is 0 Å². The van der Waals surface area contributed by atoms with Crippen molar-refractivity contribution in [3.8, 4) is 0 Å². The number of carbonyl (C=O) groups excluding carboxylic acids is 3. The third kappa shape index (κ3) is 5.77. The van der Waals surface area contributed by atoms with Gasteiger partial charge in [0.05, 0.1) is 5.56 Å². The summed E-state index contributed by atoms with van der Waals surface area (Å²) in [4.78, 5) is 38.2. The molecular formula is C22H23F3N4O3. The minimum absolute atomic E-state index is 0.182. The molecule has 1 heterocycles. The van der Waals surface area contributed by atoms with Crippen LogP contribution in [0.25, 0.3) is 0 Å². The zero-order chi connectivity index (χ0) is 23.3. The van der Waals surface area contributed by atoms with E-state index in [0.29, 0.717) is 37.3 Å². The highest BCUT2D eigenvalue weighted by Gasteiger charge is 2.31. The predicted octanol–water partition coefficient (Wildman–Crippen LogP) is 3.95. The van der Waals surface area contributed by atoms with Gasteiger partial charge < -0.3 is 20.9 Å². The van der Waals surface area contributed by atoms with Gasteiger partial charge in [0.15, 0.2) is 0 Å². The number of nitrogens with zero attached hydrogens (tertiary/aromatic N) is 1. The molecule has 0 saturated carbocycles. The molecular weight excluding hydrogens is 425 g/mol. The van der Waals surface area contributed by atoms with E-state index < -0.39 is 11.7 Å². The average Bonchev–Trinajstić information content (AvgIpc) is 2.78. The van der Waals surface area contributed by atoms with Crippen LogP contribution in [0, 0.1) is 5.92 Å². The number of likely N-dealkylation sites (tertiary alicyclic amines) is 1. The van der Waals surface area contributed by atoms with Crippen molar-refractivity contribution >= 4 is 29.2 Å². The molecule has 2 aromatic carbocycles. The van der Waals surface area contributed by atoms with Crippen LogP contribution in [0.2, 0.25) is 0 Å². The summed E-state index contributed by atoms with van der Waals surface area (Å²) in [5, 5.41) is 7.88. The quantitative estimate of drug-likeness (QED) is 0.662. The monoisotopic (exact) mass is 448 g/mol.